The maximum Gasteiger partial charge on any atom is 0.257 e. The van der Waals surface area contributed by atoms with Crippen LogP contribution in [0.3, 0.4) is 0 Å². The number of aromatic nitrogens is 4. The third-order valence-corrected chi connectivity index (χ3v) is 5.63. The van der Waals surface area contributed by atoms with Gasteiger partial charge in [-0.15, -0.1) is 10.2 Å². The molecule has 5 rings (SSSR count). The molecule has 0 fully saturated rings. The Morgan fingerprint density at radius 3 is 2.32 bits per heavy atom. The second kappa shape index (κ2) is 8.02. The summed E-state index contributed by atoms with van der Waals surface area (Å²) in [5, 5.41) is 17.9. The molecule has 1 unspecified atom stereocenters. The van der Waals surface area contributed by atoms with Gasteiger partial charge in [0, 0.05) is 17.8 Å². The van der Waals surface area contributed by atoms with E-state index in [-0.39, 0.29) is 12.1 Å². The predicted octanol–water partition coefficient (Wildman–Crippen LogP) is 4.34. The van der Waals surface area contributed by atoms with Crippen LogP contribution in [0.2, 0.25) is 0 Å². The zero-order valence-electron chi connectivity index (χ0n) is 17.1. The van der Waals surface area contributed by atoms with Gasteiger partial charge < -0.3 is 10.2 Å². The van der Waals surface area contributed by atoms with Crippen LogP contribution < -0.4 is 5.32 Å². The second-order valence-electron chi connectivity index (χ2n) is 7.52. The van der Waals surface area contributed by atoms with Crippen molar-refractivity contribution in [1.29, 1.82) is 0 Å². The summed E-state index contributed by atoms with van der Waals surface area (Å²) in [7, 11) is 0. The summed E-state index contributed by atoms with van der Waals surface area (Å²) in [6.45, 7) is 2.63. The second-order valence-corrected chi connectivity index (χ2v) is 7.52. The molecule has 0 radical (unpaired) electrons. The first-order chi connectivity index (χ1) is 15.2. The first kappa shape index (κ1) is 19.0. The summed E-state index contributed by atoms with van der Waals surface area (Å²) in [5.41, 5.74) is 5.72. The quantitative estimate of drug-likeness (QED) is 0.511. The van der Waals surface area contributed by atoms with E-state index in [9.17, 15) is 4.79 Å². The molecule has 7 nitrogen and oxygen atoms in total. The zero-order chi connectivity index (χ0) is 21.2. The Bertz CT molecular complexity index is 1200. The van der Waals surface area contributed by atoms with Gasteiger partial charge in [-0.2, -0.15) is 5.21 Å². The van der Waals surface area contributed by atoms with Gasteiger partial charge in [-0.1, -0.05) is 67.6 Å². The third-order valence-electron chi connectivity index (χ3n) is 5.63. The molecule has 4 aromatic rings. The summed E-state index contributed by atoms with van der Waals surface area (Å²) in [6.07, 6.45) is 0.803. The van der Waals surface area contributed by atoms with Crippen LogP contribution in [-0.2, 0) is 6.54 Å². The molecule has 0 spiro atoms. The molecule has 2 N–H and O–H groups in total. The number of nitrogens with zero attached hydrogens (tertiary/aromatic N) is 4. The highest BCUT2D eigenvalue weighted by Gasteiger charge is 2.30. The molecule has 0 saturated carbocycles. The number of H-pyrrole nitrogens is 1. The van der Waals surface area contributed by atoms with Gasteiger partial charge >= 0.3 is 0 Å². The molecule has 0 saturated heterocycles. The summed E-state index contributed by atoms with van der Waals surface area (Å²) in [5.74, 6) is 0.627. The SMILES string of the molecule is CCC1Nc2ccccc2C(=O)N1Cc1ccc(-c2ccccc2-c2nn[nH]n2)cc1. The van der Waals surface area contributed by atoms with Crippen molar-refractivity contribution in [3.05, 3.63) is 83.9 Å². The van der Waals surface area contributed by atoms with Gasteiger partial charge in [0.25, 0.3) is 5.91 Å². The molecule has 1 atom stereocenters. The highest BCUT2D eigenvalue weighted by atomic mass is 16.2. The lowest BCUT2D eigenvalue weighted by Gasteiger charge is -2.37. The lowest BCUT2D eigenvalue weighted by molar-refractivity contribution is 0.0664. The molecule has 1 aromatic heterocycles. The number of carbonyl (C=O) groups is 1. The number of para-hydroxylation sites is 1. The first-order valence-electron chi connectivity index (χ1n) is 10.3. The van der Waals surface area contributed by atoms with Crippen molar-refractivity contribution >= 4 is 11.6 Å². The van der Waals surface area contributed by atoms with Crippen LogP contribution in [0.25, 0.3) is 22.5 Å². The molecule has 1 aliphatic rings. The van der Waals surface area contributed by atoms with E-state index in [1.807, 2.05) is 53.4 Å². The number of hydrogen-bond acceptors (Lipinski definition) is 5. The molecule has 1 amide bonds. The number of nitrogens with one attached hydrogen (secondary N) is 2. The number of benzene rings is 3. The number of anilines is 1. The number of carbonyl (C=O) groups excluding carboxylic acids is 1. The smallest absolute Gasteiger partial charge is 0.257 e. The third kappa shape index (κ3) is 3.54. The van der Waals surface area contributed by atoms with Gasteiger partial charge in [-0.25, -0.2) is 0 Å². The molecule has 31 heavy (non-hydrogen) atoms. The van der Waals surface area contributed by atoms with Crippen molar-refractivity contribution in [2.45, 2.75) is 26.1 Å². The average Bonchev–Trinajstić information content (AvgIpc) is 3.36. The molecule has 3 aromatic carbocycles. The van der Waals surface area contributed by atoms with Gasteiger partial charge in [0.2, 0.25) is 5.82 Å². The summed E-state index contributed by atoms with van der Waals surface area (Å²) >= 11 is 0. The number of tetrazole rings is 1. The minimum Gasteiger partial charge on any atom is -0.364 e. The molecule has 1 aliphatic heterocycles. The molecule has 154 valence electrons. The first-order valence-corrected chi connectivity index (χ1v) is 10.3. The fourth-order valence-electron chi connectivity index (χ4n) is 4.05. The number of rotatable bonds is 5. The molecule has 7 heteroatoms. The van der Waals surface area contributed by atoms with Gasteiger partial charge in [-0.05, 0) is 40.5 Å². The van der Waals surface area contributed by atoms with Crippen LogP contribution in [0.4, 0.5) is 5.69 Å². The van der Waals surface area contributed by atoms with Gasteiger partial charge in [-0.3, -0.25) is 4.79 Å². The van der Waals surface area contributed by atoms with Crippen LogP contribution in [0.1, 0.15) is 29.3 Å². The van der Waals surface area contributed by atoms with Crippen LogP contribution in [0.15, 0.2) is 72.8 Å². The monoisotopic (exact) mass is 410 g/mol. The van der Waals surface area contributed by atoms with Crippen molar-refractivity contribution in [2.75, 3.05) is 5.32 Å². The van der Waals surface area contributed by atoms with E-state index in [1.54, 1.807) is 0 Å². The van der Waals surface area contributed by atoms with Crippen molar-refractivity contribution in [2.24, 2.45) is 0 Å². The maximum atomic E-state index is 13.1. The molecule has 2 heterocycles. The fourth-order valence-corrected chi connectivity index (χ4v) is 4.05. The largest absolute Gasteiger partial charge is 0.364 e. The van der Waals surface area contributed by atoms with E-state index < -0.39 is 0 Å². The number of aromatic amines is 1. The van der Waals surface area contributed by atoms with Crippen LogP contribution in [-0.4, -0.2) is 37.6 Å². The molecule has 0 aliphatic carbocycles. The van der Waals surface area contributed by atoms with Gasteiger partial charge in [0.05, 0.1) is 5.56 Å². The Morgan fingerprint density at radius 2 is 1.61 bits per heavy atom. The topological polar surface area (TPSA) is 86.8 Å². The summed E-state index contributed by atoms with van der Waals surface area (Å²) < 4.78 is 0. The average molecular weight is 410 g/mol. The van der Waals surface area contributed by atoms with Crippen molar-refractivity contribution < 1.29 is 4.79 Å². The predicted molar refractivity (Wildman–Crippen MR) is 119 cm³/mol. The molecular weight excluding hydrogens is 388 g/mol. The van der Waals surface area contributed by atoms with E-state index in [0.717, 1.165) is 39.9 Å². The van der Waals surface area contributed by atoms with Crippen LogP contribution in [0.5, 0.6) is 0 Å². The number of fused-ring (bicyclic) bond motifs is 1. The number of hydrogen-bond donors (Lipinski definition) is 2. The van der Waals surface area contributed by atoms with Crippen molar-refractivity contribution in [3.63, 3.8) is 0 Å². The highest BCUT2D eigenvalue weighted by molar-refractivity contribution is 6.01. The van der Waals surface area contributed by atoms with Crippen molar-refractivity contribution in [3.8, 4) is 22.5 Å². The Kier molecular flexibility index (Phi) is 4.92. The minimum absolute atomic E-state index is 0.0268. The van der Waals surface area contributed by atoms with Crippen molar-refractivity contribution in [1.82, 2.24) is 25.5 Å². The normalized spacial score (nSPS) is 15.5. The van der Waals surface area contributed by atoms with E-state index in [4.69, 9.17) is 0 Å². The van der Waals surface area contributed by atoms with E-state index in [0.29, 0.717) is 12.4 Å². The molecular formula is C24H22N6O. The maximum absolute atomic E-state index is 13.1. The number of amides is 1. The lowest BCUT2D eigenvalue weighted by Crippen LogP contribution is -2.47. The van der Waals surface area contributed by atoms with Gasteiger partial charge in [0.15, 0.2) is 0 Å². The minimum atomic E-state index is -0.0268. The van der Waals surface area contributed by atoms with Crippen LogP contribution in [0, 0.1) is 0 Å². The standard InChI is InChI=1S/C24H22N6O/c1-2-22-25-21-10-6-5-9-20(21)24(31)30(22)15-16-11-13-17(14-12-16)18-7-3-4-8-19(18)23-26-28-29-27-23/h3-14,22,25H,2,15H2,1H3,(H,26,27,28,29). The Hall–Kier alpha value is -4.00. The summed E-state index contributed by atoms with van der Waals surface area (Å²) in [6, 6.07) is 24.0. The van der Waals surface area contributed by atoms with Gasteiger partial charge in [0.1, 0.15) is 6.17 Å². The van der Waals surface area contributed by atoms with E-state index in [1.165, 1.54) is 0 Å². The Labute approximate surface area is 180 Å². The van der Waals surface area contributed by atoms with E-state index in [2.05, 4.69) is 57.1 Å². The van der Waals surface area contributed by atoms with E-state index >= 15 is 0 Å². The van der Waals surface area contributed by atoms with Crippen LogP contribution >= 0.6 is 0 Å². The molecule has 0 bridgehead atoms. The Balaban J connectivity index is 1.41. The highest BCUT2D eigenvalue weighted by Crippen LogP contribution is 2.31. The fraction of sp³-hybridized carbons (Fsp3) is 0.167. The summed E-state index contributed by atoms with van der Waals surface area (Å²) in [4.78, 5) is 15.0. The zero-order valence-corrected chi connectivity index (χ0v) is 17.1. The Morgan fingerprint density at radius 1 is 0.903 bits per heavy atom. The lowest BCUT2D eigenvalue weighted by atomic mass is 9.98.